The summed E-state index contributed by atoms with van der Waals surface area (Å²) in [6, 6.07) is 23.7. The van der Waals surface area contributed by atoms with E-state index in [-0.39, 0.29) is 11.3 Å². The van der Waals surface area contributed by atoms with Gasteiger partial charge in [0.15, 0.2) is 0 Å². The van der Waals surface area contributed by atoms with Crippen molar-refractivity contribution in [3.63, 3.8) is 0 Å². The average molecular weight is 491 g/mol. The van der Waals surface area contributed by atoms with Crippen LogP contribution in [0.3, 0.4) is 0 Å². The van der Waals surface area contributed by atoms with Gasteiger partial charge in [-0.1, -0.05) is 60.7 Å². The molecule has 36 heavy (non-hydrogen) atoms. The third kappa shape index (κ3) is 4.35. The summed E-state index contributed by atoms with van der Waals surface area (Å²) < 4.78 is 40.8. The van der Waals surface area contributed by atoms with E-state index in [0.717, 1.165) is 11.3 Å². The SMILES string of the molecule is Cc1nc2ccc(N3CCC(O)(c4ccccc4)CC3)cc2c(-c2ccccc2)c1C(=O)C(F)(F)F. The smallest absolute Gasteiger partial charge is 0.385 e. The predicted molar refractivity (Wildman–Crippen MR) is 134 cm³/mol. The van der Waals surface area contributed by atoms with Crippen molar-refractivity contribution >= 4 is 22.4 Å². The van der Waals surface area contributed by atoms with Crippen molar-refractivity contribution < 1.29 is 23.1 Å². The van der Waals surface area contributed by atoms with Crippen molar-refractivity contribution in [3.05, 3.63) is 95.7 Å². The van der Waals surface area contributed by atoms with Crippen molar-refractivity contribution in [3.8, 4) is 11.1 Å². The number of aromatic nitrogens is 1. The Balaban J connectivity index is 1.59. The highest BCUT2D eigenvalue weighted by molar-refractivity contribution is 6.13. The van der Waals surface area contributed by atoms with Gasteiger partial charge in [0.25, 0.3) is 5.78 Å². The van der Waals surface area contributed by atoms with Gasteiger partial charge in [-0.3, -0.25) is 9.78 Å². The molecule has 5 rings (SSSR count). The number of anilines is 1. The van der Waals surface area contributed by atoms with E-state index in [1.54, 1.807) is 36.4 Å². The number of Topliss-reactive ketones (excluding diaryl/α,β-unsaturated/α-hetero) is 1. The second-order valence-corrected chi connectivity index (χ2v) is 9.23. The van der Waals surface area contributed by atoms with E-state index < -0.39 is 23.1 Å². The highest BCUT2D eigenvalue weighted by Gasteiger charge is 2.42. The molecule has 0 spiro atoms. The number of pyridine rings is 1. The van der Waals surface area contributed by atoms with Gasteiger partial charge in [-0.15, -0.1) is 0 Å². The number of aryl methyl sites for hydroxylation is 1. The lowest BCUT2D eigenvalue weighted by Gasteiger charge is -2.39. The number of halogens is 3. The number of fused-ring (bicyclic) bond motifs is 1. The summed E-state index contributed by atoms with van der Waals surface area (Å²) in [5.74, 6) is -1.90. The first-order valence-electron chi connectivity index (χ1n) is 11.8. The van der Waals surface area contributed by atoms with Gasteiger partial charge in [0.05, 0.1) is 16.7 Å². The van der Waals surface area contributed by atoms with E-state index in [4.69, 9.17) is 0 Å². The zero-order valence-electron chi connectivity index (χ0n) is 19.7. The zero-order valence-corrected chi connectivity index (χ0v) is 19.7. The molecular formula is C29H25F3N2O2. The van der Waals surface area contributed by atoms with Crippen LogP contribution in [0.25, 0.3) is 22.0 Å². The fourth-order valence-electron chi connectivity index (χ4n) is 5.07. The summed E-state index contributed by atoms with van der Waals surface area (Å²) in [4.78, 5) is 19.0. The summed E-state index contributed by atoms with van der Waals surface area (Å²) >= 11 is 0. The van der Waals surface area contributed by atoms with E-state index in [2.05, 4.69) is 9.88 Å². The first-order chi connectivity index (χ1) is 17.2. The minimum Gasteiger partial charge on any atom is -0.385 e. The quantitative estimate of drug-likeness (QED) is 0.335. The van der Waals surface area contributed by atoms with Gasteiger partial charge in [-0.2, -0.15) is 13.2 Å². The van der Waals surface area contributed by atoms with E-state index in [1.165, 1.54) is 6.92 Å². The maximum atomic E-state index is 13.6. The van der Waals surface area contributed by atoms with E-state index in [9.17, 15) is 23.1 Å². The molecule has 0 aliphatic carbocycles. The summed E-state index contributed by atoms with van der Waals surface area (Å²) in [6.45, 7) is 2.59. The highest BCUT2D eigenvalue weighted by Crippen LogP contribution is 2.39. The molecule has 0 radical (unpaired) electrons. The van der Waals surface area contributed by atoms with Gasteiger partial charge in [0.2, 0.25) is 0 Å². The standard InChI is InChI=1S/C29H25F3N2O2/c1-19-25(27(35)29(30,31)32)26(20-8-4-2-5-9-20)23-18-22(12-13-24(23)33-19)34-16-14-28(36,15-17-34)21-10-6-3-7-11-21/h2-13,18,36H,14-17H2,1H3. The van der Waals surface area contributed by atoms with Crippen LogP contribution >= 0.6 is 0 Å². The van der Waals surface area contributed by atoms with Gasteiger partial charge >= 0.3 is 6.18 Å². The number of hydrogen-bond donors (Lipinski definition) is 1. The van der Waals surface area contributed by atoms with Crippen molar-refractivity contribution in [2.24, 2.45) is 0 Å². The Morgan fingerprint density at radius 3 is 2.17 bits per heavy atom. The summed E-state index contributed by atoms with van der Waals surface area (Å²) in [5, 5.41) is 11.7. The zero-order chi connectivity index (χ0) is 25.5. The molecule has 0 amide bonds. The fourth-order valence-corrected chi connectivity index (χ4v) is 5.07. The molecule has 4 aromatic rings. The van der Waals surface area contributed by atoms with Crippen LogP contribution in [-0.2, 0) is 5.60 Å². The molecule has 2 heterocycles. The monoisotopic (exact) mass is 490 g/mol. The normalized spacial score (nSPS) is 15.8. The van der Waals surface area contributed by atoms with Crippen LogP contribution in [0, 0.1) is 6.92 Å². The number of benzene rings is 3. The number of rotatable bonds is 4. The molecule has 1 N–H and O–H groups in total. The van der Waals surface area contributed by atoms with Crippen molar-refractivity contribution in [2.45, 2.75) is 31.5 Å². The summed E-state index contributed by atoms with van der Waals surface area (Å²) in [7, 11) is 0. The van der Waals surface area contributed by atoms with Crippen molar-refractivity contribution in [2.75, 3.05) is 18.0 Å². The van der Waals surface area contributed by atoms with Gasteiger partial charge in [0.1, 0.15) is 0 Å². The first kappa shape index (κ1) is 24.0. The minimum absolute atomic E-state index is 0.0438. The third-order valence-corrected chi connectivity index (χ3v) is 6.96. The van der Waals surface area contributed by atoms with Crippen molar-refractivity contribution in [1.29, 1.82) is 0 Å². The summed E-state index contributed by atoms with van der Waals surface area (Å²) in [5.41, 5.74) is 1.67. The molecule has 7 heteroatoms. The number of carbonyl (C=O) groups excluding carboxylic acids is 1. The molecule has 1 fully saturated rings. The number of hydrogen-bond acceptors (Lipinski definition) is 4. The maximum absolute atomic E-state index is 13.6. The average Bonchev–Trinajstić information content (AvgIpc) is 2.88. The molecule has 184 valence electrons. The maximum Gasteiger partial charge on any atom is 0.454 e. The van der Waals surface area contributed by atoms with Crippen LogP contribution in [0.2, 0.25) is 0 Å². The Morgan fingerprint density at radius 1 is 0.944 bits per heavy atom. The predicted octanol–water partition coefficient (Wildman–Crippen LogP) is 6.44. The molecule has 0 atom stereocenters. The molecule has 1 saturated heterocycles. The molecule has 4 nitrogen and oxygen atoms in total. The number of aliphatic hydroxyl groups is 1. The number of piperidine rings is 1. The lowest BCUT2D eigenvalue weighted by molar-refractivity contribution is -0.0885. The first-order valence-corrected chi connectivity index (χ1v) is 11.8. The Hall–Kier alpha value is -3.71. The van der Waals surface area contributed by atoms with Crippen LogP contribution in [0.1, 0.15) is 34.5 Å². The van der Waals surface area contributed by atoms with Crippen LogP contribution in [0.5, 0.6) is 0 Å². The van der Waals surface area contributed by atoms with Crippen molar-refractivity contribution in [1.82, 2.24) is 4.98 Å². The molecule has 1 aromatic heterocycles. The number of carbonyl (C=O) groups is 1. The van der Waals surface area contributed by atoms with E-state index in [0.29, 0.717) is 42.4 Å². The molecule has 0 unspecified atom stereocenters. The number of ketones is 1. The topological polar surface area (TPSA) is 53.4 Å². The van der Waals surface area contributed by atoms with E-state index >= 15 is 0 Å². The van der Waals surface area contributed by atoms with Crippen LogP contribution < -0.4 is 4.90 Å². The fraction of sp³-hybridized carbons (Fsp3) is 0.241. The molecule has 3 aromatic carbocycles. The lowest BCUT2D eigenvalue weighted by atomic mass is 9.84. The number of nitrogens with zero attached hydrogens (tertiary/aromatic N) is 2. The lowest BCUT2D eigenvalue weighted by Crippen LogP contribution is -2.42. The second-order valence-electron chi connectivity index (χ2n) is 9.23. The number of alkyl halides is 3. The molecule has 1 aliphatic rings. The molecule has 0 bridgehead atoms. The van der Waals surface area contributed by atoms with E-state index in [1.807, 2.05) is 42.5 Å². The Bertz CT molecular complexity index is 1410. The minimum atomic E-state index is -5.02. The molecular weight excluding hydrogens is 465 g/mol. The summed E-state index contributed by atoms with van der Waals surface area (Å²) in [6.07, 6.45) is -3.98. The van der Waals surface area contributed by atoms with Crippen LogP contribution in [0.4, 0.5) is 18.9 Å². The van der Waals surface area contributed by atoms with Gasteiger partial charge in [0, 0.05) is 35.4 Å². The second kappa shape index (κ2) is 9.06. The van der Waals surface area contributed by atoms with Gasteiger partial charge in [-0.05, 0) is 49.1 Å². The Morgan fingerprint density at radius 2 is 1.56 bits per heavy atom. The Kier molecular flexibility index (Phi) is 6.04. The highest BCUT2D eigenvalue weighted by atomic mass is 19.4. The third-order valence-electron chi connectivity index (χ3n) is 6.96. The van der Waals surface area contributed by atoms with Gasteiger partial charge < -0.3 is 10.0 Å². The molecule has 1 aliphatic heterocycles. The molecule has 0 saturated carbocycles. The largest absolute Gasteiger partial charge is 0.454 e. The van der Waals surface area contributed by atoms with Crippen LogP contribution in [-0.4, -0.2) is 35.1 Å². The Labute approximate surface area is 207 Å². The van der Waals surface area contributed by atoms with Crippen LogP contribution in [0.15, 0.2) is 78.9 Å². The van der Waals surface area contributed by atoms with Gasteiger partial charge in [-0.25, -0.2) is 0 Å².